The van der Waals surface area contributed by atoms with E-state index >= 15 is 0 Å². The van der Waals surface area contributed by atoms with Crippen LogP contribution < -0.4 is 5.32 Å². The van der Waals surface area contributed by atoms with E-state index in [1.165, 1.54) is 11.0 Å². The van der Waals surface area contributed by atoms with Crippen LogP contribution in [0.5, 0.6) is 0 Å². The predicted octanol–water partition coefficient (Wildman–Crippen LogP) is 4.57. The van der Waals surface area contributed by atoms with Gasteiger partial charge in [0.2, 0.25) is 0 Å². The second kappa shape index (κ2) is 7.45. The maximum Gasteiger partial charge on any atom is 0.416 e. The van der Waals surface area contributed by atoms with Crippen LogP contribution >= 0.6 is 11.6 Å². The number of oxazole rings is 1. The van der Waals surface area contributed by atoms with E-state index < -0.39 is 23.7 Å². The minimum absolute atomic E-state index is 0.145. The lowest BCUT2D eigenvalue weighted by Crippen LogP contribution is -2.29. The summed E-state index contributed by atoms with van der Waals surface area (Å²) in [6.45, 7) is 1.61. The third-order valence-corrected chi connectivity index (χ3v) is 4.48. The van der Waals surface area contributed by atoms with Gasteiger partial charge < -0.3 is 9.73 Å². The van der Waals surface area contributed by atoms with Gasteiger partial charge in [-0.1, -0.05) is 23.7 Å². The van der Waals surface area contributed by atoms with Crippen LogP contribution in [0.1, 0.15) is 34.7 Å². The Morgan fingerprint density at radius 1 is 1.23 bits per heavy atom. The largest absolute Gasteiger partial charge is 0.422 e. The lowest BCUT2D eigenvalue weighted by Gasteiger charge is -2.14. The third kappa shape index (κ3) is 3.86. The summed E-state index contributed by atoms with van der Waals surface area (Å²) in [5.74, 6) is -0.462. The fourth-order valence-corrected chi connectivity index (χ4v) is 3.11. The molecule has 1 N–H and O–H groups in total. The molecule has 0 aliphatic rings. The number of aromatic nitrogens is 4. The van der Waals surface area contributed by atoms with Crippen molar-refractivity contribution in [3.8, 4) is 6.01 Å². The van der Waals surface area contributed by atoms with Crippen molar-refractivity contribution in [1.29, 1.82) is 0 Å². The van der Waals surface area contributed by atoms with Gasteiger partial charge in [-0.2, -0.15) is 27.9 Å². The van der Waals surface area contributed by atoms with E-state index in [1.807, 2.05) is 0 Å². The Bertz CT molecular complexity index is 1200. The fraction of sp³-hybridized carbons (Fsp3) is 0.158. The Kier molecular flexibility index (Phi) is 4.94. The highest BCUT2D eigenvalue weighted by Gasteiger charge is 2.32. The van der Waals surface area contributed by atoms with Gasteiger partial charge in [0, 0.05) is 10.6 Å². The molecule has 4 aromatic rings. The van der Waals surface area contributed by atoms with E-state index in [0.717, 1.165) is 18.2 Å². The molecule has 2 aromatic heterocycles. The van der Waals surface area contributed by atoms with Gasteiger partial charge in [0.25, 0.3) is 5.91 Å². The summed E-state index contributed by atoms with van der Waals surface area (Å²) in [4.78, 5) is 21.0. The number of hydrogen-bond acceptors (Lipinski definition) is 5. The SMILES string of the molecule is C[C@H](NC(=O)c1cc(Cl)cc(C(F)(F)F)c1)c1ncnn1-c1nc2ccccc2o1. The van der Waals surface area contributed by atoms with Crippen LogP contribution in [0.25, 0.3) is 17.1 Å². The van der Waals surface area contributed by atoms with Crippen LogP contribution in [0.3, 0.4) is 0 Å². The van der Waals surface area contributed by atoms with Gasteiger partial charge in [-0.3, -0.25) is 4.79 Å². The molecule has 2 heterocycles. The Labute approximate surface area is 172 Å². The van der Waals surface area contributed by atoms with E-state index in [-0.39, 0.29) is 22.4 Å². The zero-order valence-corrected chi connectivity index (χ0v) is 16.1. The molecule has 0 spiro atoms. The highest BCUT2D eigenvalue weighted by Crippen LogP contribution is 2.32. The first-order chi connectivity index (χ1) is 14.2. The molecule has 30 heavy (non-hydrogen) atoms. The molecule has 0 radical (unpaired) electrons. The standard InChI is InChI=1S/C19H13ClF3N5O2/c1-10(26-17(29)11-6-12(19(21,22)23)8-13(20)7-11)16-24-9-25-28(16)18-27-14-4-2-3-5-15(14)30-18/h2-10H,1H3,(H,26,29)/t10-/m0/s1. The Morgan fingerprint density at radius 2 is 2.00 bits per heavy atom. The number of nitrogens with one attached hydrogen (secondary N) is 1. The average molecular weight is 436 g/mol. The van der Waals surface area contributed by atoms with E-state index in [9.17, 15) is 18.0 Å². The number of halogens is 4. The minimum atomic E-state index is -4.63. The Morgan fingerprint density at radius 3 is 2.73 bits per heavy atom. The molecule has 0 aliphatic heterocycles. The maximum atomic E-state index is 13.0. The first kappa shape index (κ1) is 19.9. The molecule has 1 amide bonds. The predicted molar refractivity (Wildman–Crippen MR) is 101 cm³/mol. The number of rotatable bonds is 4. The van der Waals surface area contributed by atoms with E-state index in [1.54, 1.807) is 31.2 Å². The summed E-state index contributed by atoms with van der Waals surface area (Å²) in [5.41, 5.74) is -0.0782. The van der Waals surface area contributed by atoms with Crippen LogP contribution in [-0.2, 0) is 6.18 Å². The van der Waals surface area contributed by atoms with Gasteiger partial charge in [-0.25, -0.2) is 4.98 Å². The van der Waals surface area contributed by atoms with Crippen molar-refractivity contribution in [2.75, 3.05) is 0 Å². The van der Waals surface area contributed by atoms with Crippen molar-refractivity contribution >= 4 is 28.6 Å². The topological polar surface area (TPSA) is 85.8 Å². The van der Waals surface area contributed by atoms with E-state index in [0.29, 0.717) is 11.1 Å². The highest BCUT2D eigenvalue weighted by atomic mass is 35.5. The molecule has 11 heteroatoms. The van der Waals surface area contributed by atoms with E-state index in [2.05, 4.69) is 20.4 Å². The van der Waals surface area contributed by atoms with E-state index in [4.69, 9.17) is 16.0 Å². The quantitative estimate of drug-likeness (QED) is 0.507. The first-order valence-electron chi connectivity index (χ1n) is 8.67. The highest BCUT2D eigenvalue weighted by molar-refractivity contribution is 6.31. The van der Waals surface area contributed by atoms with Gasteiger partial charge in [0.15, 0.2) is 11.4 Å². The van der Waals surface area contributed by atoms with Crippen molar-refractivity contribution in [1.82, 2.24) is 25.1 Å². The Hall–Kier alpha value is -3.40. The zero-order valence-electron chi connectivity index (χ0n) is 15.3. The van der Waals surface area contributed by atoms with Gasteiger partial charge in [-0.05, 0) is 37.3 Å². The van der Waals surface area contributed by atoms with Crippen LogP contribution in [-0.4, -0.2) is 25.7 Å². The number of para-hydroxylation sites is 2. The molecular formula is C19H13ClF3N5O2. The van der Waals surface area contributed by atoms with Crippen LogP contribution in [0.2, 0.25) is 5.02 Å². The fourth-order valence-electron chi connectivity index (χ4n) is 2.87. The molecular weight excluding hydrogens is 423 g/mol. The maximum absolute atomic E-state index is 13.0. The molecule has 0 fully saturated rings. The van der Waals surface area contributed by atoms with Gasteiger partial charge in [-0.15, -0.1) is 0 Å². The number of fused-ring (bicyclic) bond motifs is 1. The second-order valence-corrected chi connectivity index (χ2v) is 6.85. The third-order valence-electron chi connectivity index (χ3n) is 4.26. The van der Waals surface area contributed by atoms with Gasteiger partial charge in [0.05, 0.1) is 11.6 Å². The van der Waals surface area contributed by atoms with Crippen LogP contribution in [0.4, 0.5) is 13.2 Å². The molecule has 0 saturated carbocycles. The number of carbonyl (C=O) groups excluding carboxylic acids is 1. The number of carbonyl (C=O) groups is 1. The molecule has 7 nitrogen and oxygen atoms in total. The number of amides is 1. The summed E-state index contributed by atoms with van der Waals surface area (Å²) < 4.78 is 46.0. The molecule has 0 saturated heterocycles. The Balaban J connectivity index is 1.60. The van der Waals surface area contributed by atoms with Crippen molar-refractivity contribution in [2.45, 2.75) is 19.1 Å². The molecule has 0 bridgehead atoms. The average Bonchev–Trinajstić information content (AvgIpc) is 3.33. The number of benzene rings is 2. The molecule has 2 aromatic carbocycles. The molecule has 1 atom stereocenters. The normalized spacial score (nSPS) is 12.8. The molecule has 154 valence electrons. The molecule has 0 aliphatic carbocycles. The first-order valence-corrected chi connectivity index (χ1v) is 9.04. The van der Waals surface area contributed by atoms with Crippen molar-refractivity contribution in [2.24, 2.45) is 0 Å². The molecule has 4 rings (SSSR count). The number of nitrogens with zero attached hydrogens (tertiary/aromatic N) is 4. The number of hydrogen-bond donors (Lipinski definition) is 1. The van der Waals surface area contributed by atoms with Crippen LogP contribution in [0, 0.1) is 0 Å². The van der Waals surface area contributed by atoms with Crippen molar-refractivity contribution in [3.05, 3.63) is 70.8 Å². The lowest BCUT2D eigenvalue weighted by molar-refractivity contribution is -0.137. The second-order valence-electron chi connectivity index (χ2n) is 6.42. The van der Waals surface area contributed by atoms with Crippen molar-refractivity contribution < 1.29 is 22.4 Å². The van der Waals surface area contributed by atoms with Gasteiger partial charge >= 0.3 is 12.2 Å². The smallest absolute Gasteiger partial charge is 0.416 e. The summed E-state index contributed by atoms with van der Waals surface area (Å²) in [6.07, 6.45) is -3.37. The summed E-state index contributed by atoms with van der Waals surface area (Å²) in [6, 6.07) is 9.18. The summed E-state index contributed by atoms with van der Waals surface area (Å²) in [5, 5.41) is 6.47. The monoisotopic (exact) mass is 435 g/mol. The van der Waals surface area contributed by atoms with Gasteiger partial charge in [0.1, 0.15) is 11.8 Å². The molecule has 0 unspecified atom stereocenters. The zero-order chi connectivity index (χ0) is 21.5. The summed E-state index contributed by atoms with van der Waals surface area (Å²) in [7, 11) is 0. The minimum Gasteiger partial charge on any atom is -0.422 e. The number of alkyl halides is 3. The lowest BCUT2D eigenvalue weighted by atomic mass is 10.1. The van der Waals surface area contributed by atoms with Crippen molar-refractivity contribution in [3.63, 3.8) is 0 Å². The summed E-state index contributed by atoms with van der Waals surface area (Å²) >= 11 is 5.75. The van der Waals surface area contributed by atoms with Crippen LogP contribution in [0.15, 0.2) is 53.2 Å².